The van der Waals surface area contributed by atoms with Gasteiger partial charge in [0.15, 0.2) is 12.2 Å². The molecule has 1 saturated heterocycles. The van der Waals surface area contributed by atoms with Crippen LogP contribution in [0.5, 0.6) is 0 Å². The van der Waals surface area contributed by atoms with Crippen molar-refractivity contribution in [3.8, 4) is 11.1 Å². The summed E-state index contributed by atoms with van der Waals surface area (Å²) in [6, 6.07) is 12.2. The van der Waals surface area contributed by atoms with Crippen LogP contribution in [0.15, 0.2) is 42.5 Å². The number of ether oxygens (including phenoxy) is 4. The van der Waals surface area contributed by atoms with Gasteiger partial charge in [-0.15, -0.1) is 0 Å². The number of halogens is 2. The number of carbonyl (C=O) groups excluding carboxylic acids is 3. The van der Waals surface area contributed by atoms with Crippen LogP contribution in [0, 0.1) is 0 Å². The summed E-state index contributed by atoms with van der Waals surface area (Å²) in [6.45, 7) is 11.5. The molecule has 2 aliphatic rings. The van der Waals surface area contributed by atoms with Crippen LogP contribution in [-0.4, -0.2) is 65.0 Å². The molecule has 1 fully saturated rings. The van der Waals surface area contributed by atoms with E-state index in [2.05, 4.69) is 0 Å². The van der Waals surface area contributed by atoms with Crippen molar-refractivity contribution >= 4 is 18.2 Å². The smallest absolute Gasteiger partial charge is 0.456 e. The van der Waals surface area contributed by atoms with Crippen molar-refractivity contribution in [3.63, 3.8) is 0 Å². The first-order valence-electron chi connectivity index (χ1n) is 14.0. The first-order chi connectivity index (χ1) is 19.4. The summed E-state index contributed by atoms with van der Waals surface area (Å²) in [6.07, 6.45) is -3.76. The van der Waals surface area contributed by atoms with E-state index < -0.39 is 53.6 Å². The molecule has 1 aliphatic heterocycles. The van der Waals surface area contributed by atoms with Crippen LogP contribution >= 0.6 is 0 Å². The molecule has 3 atom stereocenters. The normalized spacial score (nSPS) is 21.5. The standard InChI is InChI=1S/C32H39F2NO7/c1-19(36)39-27-25(35(28(37)41-30(2,3)4)18-26(27)40-29(38)42-31(5,6)7)14-20-8-10-21(11-9-20)22-12-13-23-16-32(33,34)17-24(23)15-22/h8-13,15,25-27H,14,16-18H2,1-7H3/t25-,26+,27+/m1/s1. The number of rotatable bonds is 5. The van der Waals surface area contributed by atoms with E-state index in [1.54, 1.807) is 47.6 Å². The lowest BCUT2D eigenvalue weighted by Crippen LogP contribution is -2.45. The summed E-state index contributed by atoms with van der Waals surface area (Å²) >= 11 is 0. The van der Waals surface area contributed by atoms with E-state index in [0.717, 1.165) is 16.7 Å². The number of benzene rings is 2. The highest BCUT2D eigenvalue weighted by Gasteiger charge is 2.50. The molecule has 0 unspecified atom stereocenters. The Labute approximate surface area is 245 Å². The van der Waals surface area contributed by atoms with Gasteiger partial charge in [0, 0.05) is 19.8 Å². The van der Waals surface area contributed by atoms with Crippen molar-refractivity contribution in [2.45, 2.75) is 103 Å². The Bertz CT molecular complexity index is 1330. The van der Waals surface area contributed by atoms with Crippen LogP contribution < -0.4 is 0 Å². The second-order valence-corrected chi connectivity index (χ2v) is 13.0. The first-order valence-corrected chi connectivity index (χ1v) is 14.0. The second kappa shape index (κ2) is 11.5. The Kier molecular flexibility index (Phi) is 8.58. The zero-order valence-electron chi connectivity index (χ0n) is 25.2. The number of fused-ring (bicyclic) bond motifs is 1. The molecule has 1 amide bonds. The van der Waals surface area contributed by atoms with Crippen molar-refractivity contribution in [1.29, 1.82) is 0 Å². The molecular weight excluding hydrogens is 548 g/mol. The minimum Gasteiger partial charge on any atom is -0.456 e. The topological polar surface area (TPSA) is 91.4 Å². The summed E-state index contributed by atoms with van der Waals surface area (Å²) in [7, 11) is 0. The molecular formula is C32H39F2NO7. The van der Waals surface area contributed by atoms with Crippen LogP contribution in [0.3, 0.4) is 0 Å². The molecule has 0 aromatic heterocycles. The summed E-state index contributed by atoms with van der Waals surface area (Å²) in [5.41, 5.74) is 2.24. The van der Waals surface area contributed by atoms with Crippen LogP contribution in [0.1, 0.15) is 65.2 Å². The number of esters is 1. The Morgan fingerprint density at radius 2 is 1.45 bits per heavy atom. The van der Waals surface area contributed by atoms with E-state index in [9.17, 15) is 23.2 Å². The number of amides is 1. The number of hydrogen-bond acceptors (Lipinski definition) is 7. The Morgan fingerprint density at radius 3 is 2.05 bits per heavy atom. The third-order valence-corrected chi connectivity index (χ3v) is 6.93. The monoisotopic (exact) mass is 587 g/mol. The van der Waals surface area contributed by atoms with Gasteiger partial charge in [0.1, 0.15) is 11.2 Å². The van der Waals surface area contributed by atoms with Gasteiger partial charge < -0.3 is 18.9 Å². The van der Waals surface area contributed by atoms with Crippen molar-refractivity contribution in [2.24, 2.45) is 0 Å². The van der Waals surface area contributed by atoms with E-state index in [-0.39, 0.29) is 25.8 Å². The molecule has 2 aromatic carbocycles. The Balaban J connectivity index is 1.59. The molecule has 10 heteroatoms. The van der Waals surface area contributed by atoms with Gasteiger partial charge >= 0.3 is 18.2 Å². The lowest BCUT2D eigenvalue weighted by molar-refractivity contribution is -0.153. The third kappa shape index (κ3) is 7.98. The van der Waals surface area contributed by atoms with Crippen LogP contribution in [0.4, 0.5) is 18.4 Å². The van der Waals surface area contributed by atoms with Crippen LogP contribution in [-0.2, 0) is 43.0 Å². The van der Waals surface area contributed by atoms with Gasteiger partial charge in [-0.05, 0) is 75.8 Å². The van der Waals surface area contributed by atoms with Gasteiger partial charge in [-0.1, -0.05) is 42.5 Å². The number of likely N-dealkylation sites (tertiary alicyclic amines) is 1. The molecule has 0 saturated carbocycles. The second-order valence-electron chi connectivity index (χ2n) is 13.0. The zero-order valence-corrected chi connectivity index (χ0v) is 25.2. The highest BCUT2D eigenvalue weighted by atomic mass is 19.3. The Morgan fingerprint density at radius 1 is 0.857 bits per heavy atom. The molecule has 1 aliphatic carbocycles. The van der Waals surface area contributed by atoms with E-state index >= 15 is 0 Å². The fourth-order valence-electron chi connectivity index (χ4n) is 5.30. The minimum absolute atomic E-state index is 0.0609. The first kappa shape index (κ1) is 31.3. The summed E-state index contributed by atoms with van der Waals surface area (Å²) in [5, 5.41) is 0. The van der Waals surface area contributed by atoms with Gasteiger partial charge in [-0.25, -0.2) is 18.4 Å². The van der Waals surface area contributed by atoms with Crippen molar-refractivity contribution in [2.75, 3.05) is 6.54 Å². The van der Waals surface area contributed by atoms with Crippen LogP contribution in [0.25, 0.3) is 11.1 Å². The largest absolute Gasteiger partial charge is 0.509 e. The summed E-state index contributed by atoms with van der Waals surface area (Å²) < 4.78 is 49.9. The number of alkyl halides is 2. The fraction of sp³-hybridized carbons (Fsp3) is 0.531. The molecule has 0 bridgehead atoms. The summed E-state index contributed by atoms with van der Waals surface area (Å²) in [5.74, 6) is -3.30. The quantitative estimate of drug-likeness (QED) is 0.291. The van der Waals surface area contributed by atoms with Crippen molar-refractivity contribution < 1.29 is 42.1 Å². The fourth-order valence-corrected chi connectivity index (χ4v) is 5.30. The average Bonchev–Trinajstić information content (AvgIpc) is 3.31. The highest BCUT2D eigenvalue weighted by molar-refractivity contribution is 5.71. The third-order valence-electron chi connectivity index (χ3n) is 6.93. The van der Waals surface area contributed by atoms with E-state index in [0.29, 0.717) is 11.1 Å². The zero-order chi connectivity index (χ0) is 31.0. The van der Waals surface area contributed by atoms with E-state index in [1.165, 1.54) is 11.8 Å². The maximum absolute atomic E-state index is 13.9. The van der Waals surface area contributed by atoms with Crippen molar-refractivity contribution in [3.05, 3.63) is 59.2 Å². The maximum Gasteiger partial charge on any atom is 0.509 e. The number of nitrogens with zero attached hydrogens (tertiary/aromatic N) is 1. The lowest BCUT2D eigenvalue weighted by Gasteiger charge is -2.30. The highest BCUT2D eigenvalue weighted by Crippen LogP contribution is 2.37. The number of hydrogen-bond donors (Lipinski definition) is 0. The molecule has 228 valence electrons. The molecule has 1 heterocycles. The molecule has 42 heavy (non-hydrogen) atoms. The molecule has 8 nitrogen and oxygen atoms in total. The predicted octanol–water partition coefficient (Wildman–Crippen LogP) is 6.50. The molecule has 0 radical (unpaired) electrons. The SMILES string of the molecule is CC(=O)O[C@@H]1[C@@H](OC(=O)OC(C)(C)C)CN(C(=O)OC(C)(C)C)[C@@H]1Cc1ccc(-c2ccc3c(c2)CC(F)(F)C3)cc1. The van der Waals surface area contributed by atoms with Gasteiger partial charge in [0.05, 0.1) is 12.6 Å². The molecule has 4 rings (SSSR count). The Hall–Kier alpha value is -3.69. The van der Waals surface area contributed by atoms with E-state index in [1.807, 2.05) is 36.4 Å². The van der Waals surface area contributed by atoms with Gasteiger partial charge in [0.2, 0.25) is 0 Å². The van der Waals surface area contributed by atoms with Crippen LogP contribution in [0.2, 0.25) is 0 Å². The minimum atomic E-state index is -2.71. The molecule has 0 spiro atoms. The maximum atomic E-state index is 13.9. The molecule has 0 N–H and O–H groups in total. The van der Waals surface area contributed by atoms with E-state index in [4.69, 9.17) is 18.9 Å². The van der Waals surface area contributed by atoms with Gasteiger partial charge in [0.25, 0.3) is 5.92 Å². The van der Waals surface area contributed by atoms with Gasteiger partial charge in [-0.3, -0.25) is 9.69 Å². The number of carbonyl (C=O) groups is 3. The van der Waals surface area contributed by atoms with Crippen molar-refractivity contribution in [1.82, 2.24) is 4.90 Å². The average molecular weight is 588 g/mol. The predicted molar refractivity (Wildman–Crippen MR) is 151 cm³/mol. The lowest BCUT2D eigenvalue weighted by atomic mass is 9.96. The van der Waals surface area contributed by atoms with Gasteiger partial charge in [-0.2, -0.15) is 0 Å². The molecule has 2 aromatic rings. The summed E-state index contributed by atoms with van der Waals surface area (Å²) in [4.78, 5) is 39.3.